The molecule has 2 fully saturated rings. The van der Waals surface area contributed by atoms with Crippen molar-refractivity contribution in [2.75, 3.05) is 0 Å². The minimum absolute atomic E-state index is 0.00216. The van der Waals surface area contributed by atoms with Crippen LogP contribution in [-0.2, 0) is 17.8 Å². The second kappa shape index (κ2) is 8.17. The molecule has 4 heteroatoms. The molecule has 2 aliphatic rings. The van der Waals surface area contributed by atoms with Gasteiger partial charge in [-0.15, -0.1) is 0 Å². The van der Waals surface area contributed by atoms with Crippen LogP contribution in [0.1, 0.15) is 59.2 Å². The third kappa shape index (κ3) is 5.00. The van der Waals surface area contributed by atoms with E-state index >= 15 is 0 Å². The maximum atomic E-state index is 12.9. The SMILES string of the molecule is Cc1cccc(CCC(=O)N(Cc2ccc(C(=O)NC3CC3)cc2)C2CC2)c1. The second-order valence-corrected chi connectivity index (χ2v) is 8.19. The lowest BCUT2D eigenvalue weighted by Gasteiger charge is -2.23. The first-order valence-corrected chi connectivity index (χ1v) is 10.3. The van der Waals surface area contributed by atoms with E-state index in [0.29, 0.717) is 30.6 Å². The average Bonchev–Trinajstić information content (AvgIpc) is 3.59. The lowest BCUT2D eigenvalue weighted by Crippen LogP contribution is -2.32. The fourth-order valence-electron chi connectivity index (χ4n) is 3.52. The second-order valence-electron chi connectivity index (χ2n) is 8.19. The van der Waals surface area contributed by atoms with Gasteiger partial charge in [-0.05, 0) is 62.3 Å². The smallest absolute Gasteiger partial charge is 0.251 e. The van der Waals surface area contributed by atoms with Gasteiger partial charge in [0.25, 0.3) is 5.91 Å². The van der Waals surface area contributed by atoms with E-state index in [0.717, 1.165) is 37.7 Å². The van der Waals surface area contributed by atoms with Crippen molar-refractivity contribution in [3.8, 4) is 0 Å². The van der Waals surface area contributed by atoms with E-state index in [1.54, 1.807) is 0 Å². The van der Waals surface area contributed by atoms with Crippen molar-refractivity contribution in [1.29, 1.82) is 0 Å². The molecule has 0 aliphatic heterocycles. The Morgan fingerprint density at radius 1 is 1.00 bits per heavy atom. The van der Waals surface area contributed by atoms with Gasteiger partial charge in [-0.3, -0.25) is 9.59 Å². The fraction of sp³-hybridized carbons (Fsp3) is 0.417. The number of amides is 2. The Morgan fingerprint density at radius 2 is 1.75 bits per heavy atom. The monoisotopic (exact) mass is 376 g/mol. The van der Waals surface area contributed by atoms with Crippen LogP contribution in [-0.4, -0.2) is 28.8 Å². The third-order valence-corrected chi connectivity index (χ3v) is 5.50. The molecule has 4 nitrogen and oxygen atoms in total. The highest BCUT2D eigenvalue weighted by Crippen LogP contribution is 2.29. The van der Waals surface area contributed by atoms with Gasteiger partial charge in [0.15, 0.2) is 0 Å². The maximum absolute atomic E-state index is 12.9. The van der Waals surface area contributed by atoms with Gasteiger partial charge in [-0.1, -0.05) is 42.0 Å². The van der Waals surface area contributed by atoms with Crippen LogP contribution in [0.5, 0.6) is 0 Å². The zero-order chi connectivity index (χ0) is 19.5. The van der Waals surface area contributed by atoms with Crippen molar-refractivity contribution in [3.05, 3.63) is 70.8 Å². The molecule has 0 bridgehead atoms. The normalized spacial score (nSPS) is 15.9. The van der Waals surface area contributed by atoms with Gasteiger partial charge < -0.3 is 10.2 Å². The molecule has 2 aliphatic carbocycles. The first kappa shape index (κ1) is 18.7. The summed E-state index contributed by atoms with van der Waals surface area (Å²) in [6.07, 6.45) is 5.69. The molecule has 2 aromatic rings. The average molecular weight is 377 g/mol. The molecular weight excluding hydrogens is 348 g/mol. The molecule has 28 heavy (non-hydrogen) atoms. The Bertz CT molecular complexity index is 851. The fourth-order valence-corrected chi connectivity index (χ4v) is 3.52. The summed E-state index contributed by atoms with van der Waals surface area (Å²) >= 11 is 0. The molecule has 0 unspecified atom stereocenters. The predicted octanol–water partition coefficient (Wildman–Crippen LogP) is 4.01. The Labute approximate surface area is 166 Å². The molecule has 4 rings (SSSR count). The van der Waals surface area contributed by atoms with E-state index in [1.807, 2.05) is 29.2 Å². The largest absolute Gasteiger partial charge is 0.349 e. The number of carbonyl (C=O) groups excluding carboxylic acids is 2. The minimum atomic E-state index is 0.00216. The molecule has 0 radical (unpaired) electrons. The summed E-state index contributed by atoms with van der Waals surface area (Å²) in [7, 11) is 0. The van der Waals surface area contributed by atoms with Gasteiger partial charge >= 0.3 is 0 Å². The summed E-state index contributed by atoms with van der Waals surface area (Å²) in [5, 5.41) is 3.01. The summed E-state index contributed by atoms with van der Waals surface area (Å²) in [4.78, 5) is 27.0. The highest BCUT2D eigenvalue weighted by molar-refractivity contribution is 5.94. The zero-order valence-corrected chi connectivity index (χ0v) is 16.5. The van der Waals surface area contributed by atoms with Crippen molar-refractivity contribution in [2.24, 2.45) is 0 Å². The van der Waals surface area contributed by atoms with E-state index in [4.69, 9.17) is 0 Å². The zero-order valence-electron chi connectivity index (χ0n) is 16.5. The summed E-state index contributed by atoms with van der Waals surface area (Å²) < 4.78 is 0. The van der Waals surface area contributed by atoms with Crippen LogP contribution >= 0.6 is 0 Å². The Morgan fingerprint density at radius 3 is 2.39 bits per heavy atom. The maximum Gasteiger partial charge on any atom is 0.251 e. The van der Waals surface area contributed by atoms with Gasteiger partial charge in [0.05, 0.1) is 0 Å². The molecule has 0 atom stereocenters. The van der Waals surface area contributed by atoms with Gasteiger partial charge in [0.1, 0.15) is 0 Å². The van der Waals surface area contributed by atoms with Crippen molar-refractivity contribution >= 4 is 11.8 Å². The summed E-state index contributed by atoms with van der Waals surface area (Å²) in [5.41, 5.74) is 4.23. The van der Waals surface area contributed by atoms with Gasteiger partial charge in [-0.2, -0.15) is 0 Å². The van der Waals surface area contributed by atoms with E-state index in [1.165, 1.54) is 11.1 Å². The van der Waals surface area contributed by atoms with E-state index in [-0.39, 0.29) is 11.8 Å². The highest BCUT2D eigenvalue weighted by atomic mass is 16.2. The van der Waals surface area contributed by atoms with Crippen LogP contribution in [0.3, 0.4) is 0 Å². The van der Waals surface area contributed by atoms with E-state index < -0.39 is 0 Å². The van der Waals surface area contributed by atoms with Crippen molar-refractivity contribution < 1.29 is 9.59 Å². The first-order chi connectivity index (χ1) is 13.6. The van der Waals surface area contributed by atoms with Gasteiger partial charge in [0.2, 0.25) is 5.91 Å². The standard InChI is InChI=1S/C24H28N2O2/c1-17-3-2-4-18(15-17)7-14-23(27)26(22-12-13-22)16-19-5-8-20(9-6-19)24(28)25-21-10-11-21/h2-6,8-9,15,21-22H,7,10-14,16H2,1H3,(H,25,28). The predicted molar refractivity (Wildman–Crippen MR) is 110 cm³/mol. The number of aryl methyl sites for hydroxylation is 2. The quantitative estimate of drug-likeness (QED) is 0.757. The van der Waals surface area contributed by atoms with Crippen LogP contribution in [0.15, 0.2) is 48.5 Å². The number of rotatable bonds is 8. The highest BCUT2D eigenvalue weighted by Gasteiger charge is 2.32. The summed E-state index contributed by atoms with van der Waals surface area (Å²) in [6, 6.07) is 16.8. The van der Waals surface area contributed by atoms with Crippen LogP contribution in [0, 0.1) is 6.92 Å². The van der Waals surface area contributed by atoms with E-state index in [9.17, 15) is 9.59 Å². The molecule has 0 heterocycles. The lowest BCUT2D eigenvalue weighted by molar-refractivity contribution is -0.132. The molecule has 0 spiro atoms. The van der Waals surface area contributed by atoms with E-state index in [2.05, 4.69) is 36.5 Å². The number of nitrogens with one attached hydrogen (secondary N) is 1. The van der Waals surface area contributed by atoms with Crippen LogP contribution in [0.2, 0.25) is 0 Å². The van der Waals surface area contributed by atoms with Crippen LogP contribution in [0.25, 0.3) is 0 Å². The molecular formula is C24H28N2O2. The lowest BCUT2D eigenvalue weighted by atomic mass is 10.1. The number of hydrogen-bond donors (Lipinski definition) is 1. The van der Waals surface area contributed by atoms with Gasteiger partial charge in [-0.25, -0.2) is 0 Å². The Balaban J connectivity index is 1.35. The third-order valence-electron chi connectivity index (χ3n) is 5.50. The molecule has 2 aromatic carbocycles. The number of benzene rings is 2. The van der Waals surface area contributed by atoms with Crippen molar-refractivity contribution in [1.82, 2.24) is 10.2 Å². The summed E-state index contributed by atoms with van der Waals surface area (Å²) in [5.74, 6) is 0.224. The minimum Gasteiger partial charge on any atom is -0.349 e. The Hall–Kier alpha value is -2.62. The number of nitrogens with zero attached hydrogens (tertiary/aromatic N) is 1. The molecule has 2 amide bonds. The molecule has 146 valence electrons. The number of hydrogen-bond acceptors (Lipinski definition) is 2. The first-order valence-electron chi connectivity index (χ1n) is 10.3. The van der Waals surface area contributed by atoms with Crippen LogP contribution in [0.4, 0.5) is 0 Å². The molecule has 0 aromatic heterocycles. The topological polar surface area (TPSA) is 49.4 Å². The Kier molecular flexibility index (Phi) is 5.47. The van der Waals surface area contributed by atoms with Crippen molar-refractivity contribution in [3.63, 3.8) is 0 Å². The van der Waals surface area contributed by atoms with Crippen LogP contribution < -0.4 is 5.32 Å². The van der Waals surface area contributed by atoms with Gasteiger partial charge in [0, 0.05) is 30.6 Å². The molecule has 0 saturated heterocycles. The molecule has 2 saturated carbocycles. The van der Waals surface area contributed by atoms with Crippen molar-refractivity contribution in [2.45, 2.75) is 64.1 Å². The molecule has 1 N–H and O–H groups in total. The summed E-state index contributed by atoms with van der Waals surface area (Å²) in [6.45, 7) is 2.71. The number of carbonyl (C=O) groups is 2.